The number of ether oxygens (including phenoxy) is 1. The van der Waals surface area contributed by atoms with Crippen LogP contribution in [0.2, 0.25) is 0 Å². The number of urea groups is 1. The van der Waals surface area contributed by atoms with Gasteiger partial charge in [0.25, 0.3) is 0 Å². The molecule has 3 N–H and O–H groups in total. The molecule has 0 spiro atoms. The van der Waals surface area contributed by atoms with Crippen molar-refractivity contribution in [3.63, 3.8) is 0 Å². The van der Waals surface area contributed by atoms with Crippen LogP contribution in [0.3, 0.4) is 0 Å². The third kappa shape index (κ3) is 7.30. The minimum Gasteiger partial charge on any atom is -0.481 e. The highest BCUT2D eigenvalue weighted by Gasteiger charge is 2.15. The van der Waals surface area contributed by atoms with Crippen molar-refractivity contribution < 1.29 is 19.4 Å². The molecule has 0 bridgehead atoms. The van der Waals surface area contributed by atoms with Crippen LogP contribution in [-0.4, -0.2) is 67.4 Å². The molecule has 0 saturated carbocycles. The number of aliphatic carboxylic acids is 1. The van der Waals surface area contributed by atoms with Crippen molar-refractivity contribution in [3.8, 4) is 0 Å². The minimum absolute atomic E-state index is 0.0443. The summed E-state index contributed by atoms with van der Waals surface area (Å²) < 4.78 is 5.27. The van der Waals surface area contributed by atoms with Crippen LogP contribution >= 0.6 is 0 Å². The number of carboxylic acid groups (broad SMARTS) is 1. The molecule has 0 aliphatic carbocycles. The van der Waals surface area contributed by atoms with E-state index in [0.29, 0.717) is 6.54 Å². The number of hydrogen-bond acceptors (Lipinski definition) is 4. The number of nitrogens with one attached hydrogen (secondary N) is 2. The Morgan fingerprint density at radius 2 is 1.95 bits per heavy atom. The summed E-state index contributed by atoms with van der Waals surface area (Å²) in [5.74, 6) is -0.923. The normalized spacial score (nSPS) is 19.1. The monoisotopic (exact) mass is 287 g/mol. The van der Waals surface area contributed by atoms with Gasteiger partial charge in [0.2, 0.25) is 0 Å². The van der Waals surface area contributed by atoms with Gasteiger partial charge in [0.15, 0.2) is 0 Å². The standard InChI is InChI=1S/C13H25N3O4/c1-10(7-12(17)18)8-14-13(19)15-11(2)9-16-3-5-20-6-4-16/h10-11H,3-9H2,1-2H3,(H,17,18)(H2,14,15,19). The van der Waals surface area contributed by atoms with Crippen molar-refractivity contribution in [2.75, 3.05) is 39.4 Å². The SMILES string of the molecule is CC(CNC(=O)NC(C)CN1CCOCC1)CC(=O)O. The van der Waals surface area contributed by atoms with Crippen LogP contribution in [0.5, 0.6) is 0 Å². The molecule has 2 atom stereocenters. The van der Waals surface area contributed by atoms with Crippen molar-refractivity contribution in [3.05, 3.63) is 0 Å². The summed E-state index contributed by atoms with van der Waals surface area (Å²) in [5.41, 5.74) is 0. The number of hydrogen-bond donors (Lipinski definition) is 3. The maximum atomic E-state index is 11.7. The zero-order valence-electron chi connectivity index (χ0n) is 12.2. The summed E-state index contributed by atoms with van der Waals surface area (Å²) in [7, 11) is 0. The summed E-state index contributed by atoms with van der Waals surface area (Å²) in [6, 6.07) is -0.203. The summed E-state index contributed by atoms with van der Waals surface area (Å²) in [4.78, 5) is 24.4. The predicted molar refractivity (Wildman–Crippen MR) is 74.7 cm³/mol. The highest BCUT2D eigenvalue weighted by Crippen LogP contribution is 2.00. The number of morpholine rings is 1. The van der Waals surface area contributed by atoms with Gasteiger partial charge in [-0.05, 0) is 12.8 Å². The summed E-state index contributed by atoms with van der Waals surface area (Å²) in [5, 5.41) is 14.2. The third-order valence-electron chi connectivity index (χ3n) is 3.15. The number of carbonyl (C=O) groups excluding carboxylic acids is 1. The Morgan fingerprint density at radius 1 is 1.30 bits per heavy atom. The minimum atomic E-state index is -0.847. The van der Waals surface area contributed by atoms with Crippen molar-refractivity contribution in [1.29, 1.82) is 0 Å². The zero-order chi connectivity index (χ0) is 15.0. The van der Waals surface area contributed by atoms with Crippen molar-refractivity contribution in [2.24, 2.45) is 5.92 Å². The fourth-order valence-corrected chi connectivity index (χ4v) is 2.13. The van der Waals surface area contributed by atoms with E-state index in [1.165, 1.54) is 0 Å². The maximum Gasteiger partial charge on any atom is 0.315 e. The molecule has 1 saturated heterocycles. The van der Waals surface area contributed by atoms with E-state index < -0.39 is 5.97 Å². The molecule has 7 heteroatoms. The second-order valence-corrected chi connectivity index (χ2v) is 5.37. The molecule has 20 heavy (non-hydrogen) atoms. The molecule has 1 aliphatic rings. The second-order valence-electron chi connectivity index (χ2n) is 5.37. The van der Waals surface area contributed by atoms with Crippen molar-refractivity contribution in [1.82, 2.24) is 15.5 Å². The van der Waals surface area contributed by atoms with Gasteiger partial charge < -0.3 is 20.5 Å². The summed E-state index contributed by atoms with van der Waals surface area (Å²) in [6.45, 7) is 8.18. The van der Waals surface area contributed by atoms with Gasteiger partial charge in [0, 0.05) is 38.6 Å². The molecular formula is C13H25N3O4. The lowest BCUT2D eigenvalue weighted by Crippen LogP contribution is -2.49. The van der Waals surface area contributed by atoms with Crippen LogP contribution in [0.1, 0.15) is 20.3 Å². The number of carboxylic acids is 1. The molecule has 0 aromatic heterocycles. The van der Waals surface area contributed by atoms with Gasteiger partial charge in [-0.25, -0.2) is 4.79 Å². The van der Waals surface area contributed by atoms with E-state index in [1.54, 1.807) is 6.92 Å². The number of nitrogens with zero attached hydrogens (tertiary/aromatic N) is 1. The Bertz CT molecular complexity index is 319. The van der Waals surface area contributed by atoms with Crippen LogP contribution in [0, 0.1) is 5.92 Å². The lowest BCUT2D eigenvalue weighted by atomic mass is 10.1. The van der Waals surface area contributed by atoms with Gasteiger partial charge in [-0.15, -0.1) is 0 Å². The maximum absolute atomic E-state index is 11.7. The molecular weight excluding hydrogens is 262 g/mol. The number of amides is 2. The van der Waals surface area contributed by atoms with Gasteiger partial charge in [-0.2, -0.15) is 0 Å². The van der Waals surface area contributed by atoms with Gasteiger partial charge in [-0.1, -0.05) is 6.92 Å². The number of carbonyl (C=O) groups is 2. The Hall–Kier alpha value is -1.34. The van der Waals surface area contributed by atoms with E-state index in [1.807, 2.05) is 6.92 Å². The van der Waals surface area contributed by atoms with Gasteiger partial charge in [-0.3, -0.25) is 9.69 Å². The molecule has 1 rings (SSSR count). The first-order chi connectivity index (χ1) is 9.47. The number of rotatable bonds is 7. The summed E-state index contributed by atoms with van der Waals surface area (Å²) in [6.07, 6.45) is 0.0591. The molecule has 1 fully saturated rings. The first kappa shape index (κ1) is 16.7. The highest BCUT2D eigenvalue weighted by molar-refractivity contribution is 5.74. The molecule has 2 unspecified atom stereocenters. The van der Waals surface area contributed by atoms with Crippen LogP contribution < -0.4 is 10.6 Å². The van der Waals surface area contributed by atoms with E-state index >= 15 is 0 Å². The smallest absolute Gasteiger partial charge is 0.315 e. The van der Waals surface area contributed by atoms with Crippen LogP contribution in [0.4, 0.5) is 4.79 Å². The molecule has 1 heterocycles. The topological polar surface area (TPSA) is 90.9 Å². The van der Waals surface area contributed by atoms with Gasteiger partial charge in [0.1, 0.15) is 0 Å². The lowest BCUT2D eigenvalue weighted by Gasteiger charge is -2.29. The largest absolute Gasteiger partial charge is 0.481 e. The van der Waals surface area contributed by atoms with E-state index in [2.05, 4.69) is 15.5 Å². The van der Waals surface area contributed by atoms with Gasteiger partial charge >= 0.3 is 12.0 Å². The fourth-order valence-electron chi connectivity index (χ4n) is 2.13. The van der Waals surface area contributed by atoms with Crippen molar-refractivity contribution >= 4 is 12.0 Å². The molecule has 116 valence electrons. The van der Waals surface area contributed by atoms with E-state index in [0.717, 1.165) is 32.8 Å². The Balaban J connectivity index is 2.15. The lowest BCUT2D eigenvalue weighted by molar-refractivity contribution is -0.137. The third-order valence-corrected chi connectivity index (χ3v) is 3.15. The quantitative estimate of drug-likeness (QED) is 0.618. The molecule has 0 radical (unpaired) electrons. The molecule has 2 amide bonds. The average molecular weight is 287 g/mol. The van der Waals surface area contributed by atoms with Crippen LogP contribution in [0.25, 0.3) is 0 Å². The van der Waals surface area contributed by atoms with E-state index in [-0.39, 0.29) is 24.4 Å². The zero-order valence-corrected chi connectivity index (χ0v) is 12.2. The predicted octanol–water partition coefficient (Wildman–Crippen LogP) is 0.117. The second kappa shape index (κ2) is 8.76. The molecule has 0 aromatic rings. The van der Waals surface area contributed by atoms with Crippen molar-refractivity contribution in [2.45, 2.75) is 26.3 Å². The summed E-state index contributed by atoms with van der Waals surface area (Å²) >= 11 is 0. The Kier molecular flexibility index (Phi) is 7.32. The van der Waals surface area contributed by atoms with Crippen LogP contribution in [-0.2, 0) is 9.53 Å². The van der Waals surface area contributed by atoms with E-state index in [9.17, 15) is 9.59 Å². The Morgan fingerprint density at radius 3 is 2.55 bits per heavy atom. The van der Waals surface area contributed by atoms with Gasteiger partial charge in [0.05, 0.1) is 13.2 Å². The molecule has 1 aliphatic heterocycles. The first-order valence-corrected chi connectivity index (χ1v) is 7.03. The Labute approximate surface area is 119 Å². The van der Waals surface area contributed by atoms with Crippen LogP contribution in [0.15, 0.2) is 0 Å². The molecule has 7 nitrogen and oxygen atoms in total. The van der Waals surface area contributed by atoms with E-state index in [4.69, 9.17) is 9.84 Å². The fraction of sp³-hybridized carbons (Fsp3) is 0.846. The molecule has 0 aromatic carbocycles. The average Bonchev–Trinajstić information content (AvgIpc) is 2.36. The highest BCUT2D eigenvalue weighted by atomic mass is 16.5. The first-order valence-electron chi connectivity index (χ1n) is 7.03.